The monoisotopic (exact) mass is 320 g/mol. The third-order valence-corrected chi connectivity index (χ3v) is 6.19. The maximum absolute atomic E-state index is 11.4. The van der Waals surface area contributed by atoms with Gasteiger partial charge in [0.15, 0.2) is 0 Å². The molecule has 0 aromatic heterocycles. The van der Waals surface area contributed by atoms with Gasteiger partial charge in [0, 0.05) is 33.3 Å². The second-order valence-corrected chi connectivity index (χ2v) is 7.84. The summed E-state index contributed by atoms with van der Waals surface area (Å²) < 4.78 is 27.3. The maximum atomic E-state index is 11.4. The minimum absolute atomic E-state index is 0.240. The van der Waals surface area contributed by atoms with Gasteiger partial charge in [0.1, 0.15) is 11.8 Å². The molecule has 0 bridgehead atoms. The van der Waals surface area contributed by atoms with Crippen LogP contribution in [0.4, 0.5) is 0 Å². The van der Waals surface area contributed by atoms with Crippen molar-refractivity contribution in [3.05, 3.63) is 12.2 Å². The average molecular weight is 320 g/mol. The molecule has 0 radical (unpaired) electrons. The predicted molar refractivity (Wildman–Crippen MR) is 81.8 cm³/mol. The van der Waals surface area contributed by atoms with Crippen LogP contribution in [0.2, 0.25) is 0 Å². The summed E-state index contributed by atoms with van der Waals surface area (Å²) in [7, 11) is 1.86. The molecule has 0 aromatic rings. The van der Waals surface area contributed by atoms with Crippen LogP contribution < -0.4 is 0 Å². The molecule has 2 unspecified atom stereocenters. The molecule has 0 heterocycles. The van der Waals surface area contributed by atoms with Crippen LogP contribution in [0.5, 0.6) is 0 Å². The maximum Gasteiger partial charge on any atom is 0.530 e. The molecule has 0 N–H and O–H groups in total. The lowest BCUT2D eigenvalue weighted by Crippen LogP contribution is -2.55. The van der Waals surface area contributed by atoms with Crippen LogP contribution in [0.15, 0.2) is 12.2 Å². The first-order valence-corrected chi connectivity index (χ1v) is 8.80. The molecule has 0 saturated heterocycles. The first-order valence-electron chi connectivity index (χ1n) is 7.00. The first-order chi connectivity index (χ1) is 9.86. The van der Waals surface area contributed by atoms with Crippen molar-refractivity contribution in [3.63, 3.8) is 0 Å². The van der Waals surface area contributed by atoms with Gasteiger partial charge in [0.2, 0.25) is 0 Å². The van der Waals surface area contributed by atoms with Crippen LogP contribution in [0.3, 0.4) is 0 Å². The van der Waals surface area contributed by atoms with Gasteiger partial charge >= 0.3 is 14.8 Å². The lowest BCUT2D eigenvalue weighted by molar-refractivity contribution is -0.144. The molecule has 2 atom stereocenters. The highest BCUT2D eigenvalue weighted by molar-refractivity contribution is 6.62. The number of carbonyl (C=O) groups is 1. The third-order valence-electron chi connectivity index (χ3n) is 3.12. The van der Waals surface area contributed by atoms with E-state index in [0.29, 0.717) is 25.0 Å². The first kappa shape index (κ1) is 20.3. The van der Waals surface area contributed by atoms with Crippen LogP contribution in [0, 0.1) is 0 Å². The molecule has 124 valence electrons. The zero-order valence-corrected chi connectivity index (χ0v) is 14.9. The summed E-state index contributed by atoms with van der Waals surface area (Å²) in [5.74, 6) is -0.385. The fourth-order valence-corrected chi connectivity index (χ4v) is 3.94. The van der Waals surface area contributed by atoms with Crippen molar-refractivity contribution < 1.29 is 27.5 Å². The molecular formula is C14H28O6Si. The van der Waals surface area contributed by atoms with Crippen molar-refractivity contribution in [2.75, 3.05) is 27.9 Å². The molecule has 7 heteroatoms. The fraction of sp³-hybridized carbons (Fsp3) is 0.786. The van der Waals surface area contributed by atoms with E-state index in [1.165, 1.54) is 0 Å². The summed E-state index contributed by atoms with van der Waals surface area (Å²) in [5.41, 5.74) is 0.139. The predicted octanol–water partition coefficient (Wildman–Crippen LogP) is 2.10. The lowest BCUT2D eigenvalue weighted by atomic mass is 10.3. The zero-order chi connectivity index (χ0) is 16.5. The molecule has 21 heavy (non-hydrogen) atoms. The number of hydrogen-bond acceptors (Lipinski definition) is 6. The van der Waals surface area contributed by atoms with Crippen molar-refractivity contribution >= 4 is 14.8 Å². The Morgan fingerprint density at radius 2 is 1.71 bits per heavy atom. The van der Waals surface area contributed by atoms with Crippen LogP contribution in [-0.4, -0.2) is 54.5 Å². The van der Waals surface area contributed by atoms with E-state index in [1.54, 1.807) is 28.3 Å². The number of esters is 1. The highest BCUT2D eigenvalue weighted by atomic mass is 28.4. The smallest absolute Gasteiger partial charge is 0.459 e. The van der Waals surface area contributed by atoms with E-state index < -0.39 is 8.80 Å². The lowest BCUT2D eigenvalue weighted by Gasteiger charge is -2.31. The largest absolute Gasteiger partial charge is 0.530 e. The Morgan fingerprint density at radius 1 is 1.19 bits per heavy atom. The van der Waals surface area contributed by atoms with Crippen molar-refractivity contribution in [1.29, 1.82) is 0 Å². The Hall–Kier alpha value is -0.733. The zero-order valence-electron chi connectivity index (χ0n) is 13.9. The summed E-state index contributed by atoms with van der Waals surface area (Å²) in [5, 5.41) is 0. The van der Waals surface area contributed by atoms with Gasteiger partial charge in [-0.05, 0) is 20.3 Å². The SMILES string of the molecule is C=C(C)C(=O)OC(C)CCOC(CC)[Si](OC)(OC)OC. The van der Waals surface area contributed by atoms with Gasteiger partial charge in [-0.15, -0.1) is 0 Å². The van der Waals surface area contributed by atoms with E-state index in [-0.39, 0.29) is 17.8 Å². The summed E-state index contributed by atoms with van der Waals surface area (Å²) in [4.78, 5) is 11.4. The van der Waals surface area contributed by atoms with Gasteiger partial charge in [-0.1, -0.05) is 13.5 Å². The Labute approximate surface area is 128 Å². The molecule has 0 saturated carbocycles. The molecule has 0 aliphatic rings. The van der Waals surface area contributed by atoms with E-state index in [4.69, 9.17) is 22.8 Å². The van der Waals surface area contributed by atoms with E-state index in [2.05, 4.69) is 6.58 Å². The van der Waals surface area contributed by atoms with Gasteiger partial charge in [-0.25, -0.2) is 4.79 Å². The summed E-state index contributed by atoms with van der Waals surface area (Å²) in [6, 6.07) is 0. The molecule has 0 aromatic carbocycles. The van der Waals surface area contributed by atoms with Gasteiger partial charge in [0.05, 0.1) is 6.61 Å². The van der Waals surface area contributed by atoms with Gasteiger partial charge < -0.3 is 22.8 Å². The highest BCUT2D eigenvalue weighted by Gasteiger charge is 2.47. The average Bonchev–Trinajstić information content (AvgIpc) is 2.47. The van der Waals surface area contributed by atoms with Crippen LogP contribution >= 0.6 is 0 Å². The molecule has 0 fully saturated rings. The van der Waals surface area contributed by atoms with Crippen molar-refractivity contribution in [3.8, 4) is 0 Å². The Morgan fingerprint density at radius 3 is 2.10 bits per heavy atom. The number of hydrogen-bond donors (Lipinski definition) is 0. The summed E-state index contributed by atoms with van der Waals surface area (Å²) >= 11 is 0. The second-order valence-electron chi connectivity index (χ2n) is 4.77. The molecule has 0 aliphatic carbocycles. The van der Waals surface area contributed by atoms with Gasteiger partial charge in [-0.3, -0.25) is 0 Å². The van der Waals surface area contributed by atoms with Gasteiger partial charge in [0.25, 0.3) is 0 Å². The highest BCUT2D eigenvalue weighted by Crippen LogP contribution is 2.18. The van der Waals surface area contributed by atoms with Crippen molar-refractivity contribution in [1.82, 2.24) is 0 Å². The van der Waals surface area contributed by atoms with E-state index >= 15 is 0 Å². The van der Waals surface area contributed by atoms with Crippen LogP contribution in [0.25, 0.3) is 0 Å². The van der Waals surface area contributed by atoms with E-state index in [9.17, 15) is 4.79 Å². The number of carbonyl (C=O) groups excluding carboxylic acids is 1. The van der Waals surface area contributed by atoms with Gasteiger partial charge in [-0.2, -0.15) is 0 Å². The Bertz CT molecular complexity index is 321. The quantitative estimate of drug-likeness (QED) is 0.330. The molecule has 0 rings (SSSR count). The molecule has 0 amide bonds. The second kappa shape index (κ2) is 10.1. The van der Waals surface area contributed by atoms with Crippen LogP contribution in [-0.2, 0) is 27.5 Å². The molecule has 0 aliphatic heterocycles. The summed E-state index contributed by atoms with van der Waals surface area (Å²) in [6.07, 6.45) is 1.05. The van der Waals surface area contributed by atoms with Crippen molar-refractivity contribution in [2.24, 2.45) is 0 Å². The summed E-state index contributed by atoms with van der Waals surface area (Å²) in [6.45, 7) is 9.39. The molecule has 0 spiro atoms. The third kappa shape index (κ3) is 6.27. The normalized spacial score (nSPS) is 14.6. The minimum Gasteiger partial charge on any atom is -0.459 e. The Kier molecular flexibility index (Phi) is 9.72. The number of rotatable bonds is 11. The van der Waals surface area contributed by atoms with E-state index in [1.807, 2.05) is 13.8 Å². The fourth-order valence-electron chi connectivity index (χ4n) is 1.83. The Balaban J connectivity index is 4.35. The van der Waals surface area contributed by atoms with Crippen molar-refractivity contribution in [2.45, 2.75) is 45.4 Å². The topological polar surface area (TPSA) is 63.2 Å². The number of ether oxygens (including phenoxy) is 2. The van der Waals surface area contributed by atoms with Crippen LogP contribution in [0.1, 0.15) is 33.6 Å². The minimum atomic E-state index is -2.81. The van der Waals surface area contributed by atoms with E-state index in [0.717, 1.165) is 0 Å². The standard InChI is InChI=1S/C14H28O6Si/c1-8-13(21(16-5,17-6)18-7)19-10-9-12(4)20-14(15)11(2)3/h12-13H,2,8-10H2,1,3-7H3. The molecule has 6 nitrogen and oxygen atoms in total. The molecular weight excluding hydrogens is 292 g/mol.